The summed E-state index contributed by atoms with van der Waals surface area (Å²) in [6, 6.07) is 10.7. The van der Waals surface area contributed by atoms with E-state index in [4.69, 9.17) is 9.47 Å². The van der Waals surface area contributed by atoms with E-state index < -0.39 is 6.04 Å². The molecule has 0 radical (unpaired) electrons. The summed E-state index contributed by atoms with van der Waals surface area (Å²) in [6.45, 7) is 0. The normalized spacial score (nSPS) is 11.8. The fourth-order valence-electron chi connectivity index (χ4n) is 3.63. The van der Waals surface area contributed by atoms with Gasteiger partial charge in [-0.05, 0) is 48.2 Å². The van der Waals surface area contributed by atoms with Crippen LogP contribution >= 0.6 is 11.8 Å². The highest BCUT2D eigenvalue weighted by atomic mass is 32.2. The lowest BCUT2D eigenvalue weighted by Crippen LogP contribution is -2.32. The Labute approximate surface area is 200 Å². The predicted molar refractivity (Wildman–Crippen MR) is 127 cm³/mol. The topological polar surface area (TPSA) is 83.2 Å². The molecule has 2 aromatic carbocycles. The van der Waals surface area contributed by atoms with Gasteiger partial charge in [-0.2, -0.15) is 0 Å². The number of hydrogen-bond donors (Lipinski definition) is 1. The van der Waals surface area contributed by atoms with Crippen LogP contribution in [0.4, 0.5) is 4.39 Å². The molecule has 2 heterocycles. The van der Waals surface area contributed by atoms with Crippen molar-refractivity contribution < 1.29 is 18.7 Å². The molecule has 176 valence electrons. The van der Waals surface area contributed by atoms with E-state index in [1.54, 1.807) is 49.4 Å². The van der Waals surface area contributed by atoms with E-state index in [9.17, 15) is 9.18 Å². The summed E-state index contributed by atoms with van der Waals surface area (Å²) < 4.78 is 27.9. The van der Waals surface area contributed by atoms with E-state index in [1.807, 2.05) is 30.0 Å². The second kappa shape index (κ2) is 10.0. The molecule has 8 nitrogen and oxygen atoms in total. The minimum atomic E-state index is -0.606. The average Bonchev–Trinajstić information content (AvgIpc) is 3.48. The van der Waals surface area contributed by atoms with Crippen LogP contribution in [0.25, 0.3) is 5.69 Å². The van der Waals surface area contributed by atoms with Gasteiger partial charge >= 0.3 is 0 Å². The fourth-order valence-corrected chi connectivity index (χ4v) is 4.18. The molecule has 0 aliphatic heterocycles. The molecule has 0 bridgehead atoms. The molecule has 0 aliphatic rings. The Kier molecular flexibility index (Phi) is 6.87. The van der Waals surface area contributed by atoms with Crippen LogP contribution in [-0.4, -0.2) is 45.5 Å². The molecule has 4 aromatic rings. The summed E-state index contributed by atoms with van der Waals surface area (Å²) in [5.74, 6) is 1.07. The first-order valence-corrected chi connectivity index (χ1v) is 11.6. The van der Waals surface area contributed by atoms with Crippen molar-refractivity contribution in [2.24, 2.45) is 7.05 Å². The summed E-state index contributed by atoms with van der Waals surface area (Å²) >= 11 is 1.39. The number of imidazole rings is 2. The zero-order valence-corrected chi connectivity index (χ0v) is 20.0. The summed E-state index contributed by atoms with van der Waals surface area (Å²) in [4.78, 5) is 22.4. The van der Waals surface area contributed by atoms with E-state index in [0.717, 1.165) is 5.56 Å². The summed E-state index contributed by atoms with van der Waals surface area (Å²) in [5, 5.41) is 3.68. The van der Waals surface area contributed by atoms with Gasteiger partial charge in [-0.3, -0.25) is 9.36 Å². The van der Waals surface area contributed by atoms with Crippen LogP contribution in [0, 0.1) is 5.82 Å². The minimum absolute atomic E-state index is 0.310. The Bertz CT molecular complexity index is 1280. The van der Waals surface area contributed by atoms with E-state index in [2.05, 4.69) is 15.3 Å². The molecule has 2 aromatic heterocycles. The van der Waals surface area contributed by atoms with Crippen molar-refractivity contribution in [2.45, 2.75) is 11.2 Å². The molecular weight excluding hydrogens is 457 g/mol. The number of nitrogens with zero attached hydrogens (tertiary/aromatic N) is 4. The molecule has 0 saturated carbocycles. The van der Waals surface area contributed by atoms with E-state index in [1.165, 1.54) is 30.1 Å². The van der Waals surface area contributed by atoms with Gasteiger partial charge in [-0.15, -0.1) is 0 Å². The number of nitrogens with one attached hydrogen (secondary N) is 1. The van der Waals surface area contributed by atoms with Crippen LogP contribution in [0.1, 0.15) is 27.9 Å². The Hall–Kier alpha value is -3.79. The maximum absolute atomic E-state index is 13.6. The summed E-state index contributed by atoms with van der Waals surface area (Å²) in [6.07, 6.45) is 6.84. The van der Waals surface area contributed by atoms with Crippen molar-refractivity contribution in [3.63, 3.8) is 0 Å². The van der Waals surface area contributed by atoms with E-state index in [-0.39, 0.29) is 11.7 Å². The summed E-state index contributed by atoms with van der Waals surface area (Å²) in [5.41, 5.74) is 1.67. The van der Waals surface area contributed by atoms with Gasteiger partial charge in [0.05, 0.1) is 20.4 Å². The molecule has 10 heteroatoms. The summed E-state index contributed by atoms with van der Waals surface area (Å²) in [7, 11) is 4.99. The van der Waals surface area contributed by atoms with Crippen molar-refractivity contribution in [1.82, 2.24) is 24.4 Å². The zero-order chi connectivity index (χ0) is 24.2. The van der Waals surface area contributed by atoms with Gasteiger partial charge in [0.2, 0.25) is 0 Å². The third-order valence-electron chi connectivity index (χ3n) is 5.33. The Morgan fingerprint density at radius 1 is 1.09 bits per heavy atom. The lowest BCUT2D eigenvalue weighted by atomic mass is 10.0. The van der Waals surface area contributed by atoms with Gasteiger partial charge in [0.25, 0.3) is 5.91 Å². The van der Waals surface area contributed by atoms with E-state index >= 15 is 0 Å². The monoisotopic (exact) mass is 481 g/mol. The van der Waals surface area contributed by atoms with Gasteiger partial charge in [0.1, 0.15) is 34.9 Å². The molecule has 34 heavy (non-hydrogen) atoms. The third kappa shape index (κ3) is 4.62. The van der Waals surface area contributed by atoms with Crippen molar-refractivity contribution in [3.8, 4) is 17.2 Å². The van der Waals surface area contributed by atoms with Crippen molar-refractivity contribution in [1.29, 1.82) is 0 Å². The van der Waals surface area contributed by atoms with Crippen LogP contribution < -0.4 is 14.8 Å². The van der Waals surface area contributed by atoms with Gasteiger partial charge in [-0.25, -0.2) is 14.4 Å². The number of amides is 1. The number of methoxy groups -OCH3 is 2. The second-order valence-electron chi connectivity index (χ2n) is 7.39. The Balaban J connectivity index is 1.77. The number of hydrogen-bond acceptors (Lipinski definition) is 6. The SMILES string of the molecule is COc1cc(OC)cc(C(NC(=O)c2cnc(SC)n2-c2ccc(F)cc2)c2nccn2C)c1. The standard InChI is InChI=1S/C24H24FN5O3S/c1-29-10-9-26-22(29)21(15-11-18(32-2)13-19(12-15)33-3)28-23(31)20-14-27-24(34-4)30(20)17-7-5-16(25)6-8-17/h5-14,21H,1-4H3,(H,28,31). The average molecular weight is 482 g/mol. The Morgan fingerprint density at radius 3 is 2.32 bits per heavy atom. The number of halogens is 1. The lowest BCUT2D eigenvalue weighted by Gasteiger charge is -2.21. The second-order valence-corrected chi connectivity index (χ2v) is 8.16. The maximum atomic E-state index is 13.6. The number of carbonyl (C=O) groups excluding carboxylic acids is 1. The molecule has 4 rings (SSSR count). The fraction of sp³-hybridized carbons (Fsp3) is 0.208. The van der Waals surface area contributed by atoms with Crippen LogP contribution in [0.15, 0.2) is 66.2 Å². The zero-order valence-electron chi connectivity index (χ0n) is 19.2. The third-order valence-corrected chi connectivity index (χ3v) is 5.98. The van der Waals surface area contributed by atoms with Crippen LogP contribution in [0.2, 0.25) is 0 Å². The first-order chi connectivity index (χ1) is 16.4. The first-order valence-electron chi connectivity index (χ1n) is 10.3. The number of carbonyl (C=O) groups is 1. The van der Waals surface area contributed by atoms with Crippen molar-refractivity contribution >= 4 is 17.7 Å². The smallest absolute Gasteiger partial charge is 0.270 e. The number of rotatable bonds is 8. The number of aryl methyl sites for hydroxylation is 1. The number of aromatic nitrogens is 4. The van der Waals surface area contributed by atoms with Crippen LogP contribution in [0.5, 0.6) is 11.5 Å². The van der Waals surface area contributed by atoms with Crippen molar-refractivity contribution in [3.05, 3.63) is 84.0 Å². The predicted octanol–water partition coefficient (Wildman–Crippen LogP) is 4.00. The minimum Gasteiger partial charge on any atom is -0.497 e. The molecule has 0 saturated heterocycles. The Morgan fingerprint density at radius 2 is 1.76 bits per heavy atom. The quantitative estimate of drug-likeness (QED) is 0.383. The number of benzene rings is 2. The van der Waals surface area contributed by atoms with Gasteiger partial charge in [0.15, 0.2) is 5.16 Å². The molecule has 0 spiro atoms. The molecule has 1 unspecified atom stereocenters. The largest absolute Gasteiger partial charge is 0.497 e. The highest BCUT2D eigenvalue weighted by Crippen LogP contribution is 2.30. The van der Waals surface area contributed by atoms with Gasteiger partial charge < -0.3 is 19.4 Å². The van der Waals surface area contributed by atoms with Gasteiger partial charge in [0, 0.05) is 31.2 Å². The van der Waals surface area contributed by atoms with Crippen LogP contribution in [-0.2, 0) is 7.05 Å². The molecule has 1 atom stereocenters. The molecular formula is C24H24FN5O3S. The number of ether oxygens (including phenoxy) is 2. The maximum Gasteiger partial charge on any atom is 0.270 e. The molecule has 1 amide bonds. The highest BCUT2D eigenvalue weighted by molar-refractivity contribution is 7.98. The molecule has 0 fully saturated rings. The highest BCUT2D eigenvalue weighted by Gasteiger charge is 2.26. The molecule has 0 aliphatic carbocycles. The van der Waals surface area contributed by atoms with Crippen molar-refractivity contribution in [2.75, 3.05) is 20.5 Å². The van der Waals surface area contributed by atoms with Crippen LogP contribution in [0.3, 0.4) is 0 Å². The first kappa shape index (κ1) is 23.4. The van der Waals surface area contributed by atoms with E-state index in [0.29, 0.717) is 33.9 Å². The van der Waals surface area contributed by atoms with Gasteiger partial charge in [-0.1, -0.05) is 11.8 Å². The lowest BCUT2D eigenvalue weighted by molar-refractivity contribution is 0.0933. The molecule has 1 N–H and O–H groups in total. The number of thioether (sulfide) groups is 1.